The molecule has 2 unspecified atom stereocenters. The van der Waals surface area contributed by atoms with E-state index in [2.05, 4.69) is 24.4 Å². The van der Waals surface area contributed by atoms with E-state index in [4.69, 9.17) is 4.74 Å². The summed E-state index contributed by atoms with van der Waals surface area (Å²) in [7, 11) is 0. The van der Waals surface area contributed by atoms with Gasteiger partial charge in [-0.25, -0.2) is 0 Å². The van der Waals surface area contributed by atoms with Crippen molar-refractivity contribution >= 4 is 5.97 Å². The first-order chi connectivity index (χ1) is 7.77. The predicted molar refractivity (Wildman–Crippen MR) is 65.2 cm³/mol. The minimum Gasteiger partial charge on any atom is -0.465 e. The third-order valence-electron chi connectivity index (χ3n) is 2.85. The van der Waals surface area contributed by atoms with Crippen LogP contribution in [0.25, 0.3) is 0 Å². The molecule has 0 aromatic carbocycles. The summed E-state index contributed by atoms with van der Waals surface area (Å²) in [6, 6.07) is 0.312. The number of rotatable bonds is 6. The van der Waals surface area contributed by atoms with Crippen molar-refractivity contribution in [2.75, 3.05) is 6.61 Å². The summed E-state index contributed by atoms with van der Waals surface area (Å²) < 4.78 is 5.08. The zero-order valence-electron chi connectivity index (χ0n) is 10.4. The monoisotopic (exact) mass is 225 g/mol. The summed E-state index contributed by atoms with van der Waals surface area (Å²) in [6.07, 6.45) is 9.51. The van der Waals surface area contributed by atoms with Gasteiger partial charge in [-0.3, -0.25) is 4.79 Å². The molecule has 3 heteroatoms. The lowest BCUT2D eigenvalue weighted by atomic mass is 10.00. The van der Waals surface area contributed by atoms with Crippen LogP contribution in [-0.2, 0) is 9.53 Å². The number of allylic oxidation sites excluding steroid dienone is 1. The molecular weight excluding hydrogens is 202 g/mol. The molecule has 0 saturated heterocycles. The van der Waals surface area contributed by atoms with E-state index in [1.165, 1.54) is 0 Å². The molecule has 0 aromatic heterocycles. The molecule has 0 aromatic rings. The van der Waals surface area contributed by atoms with E-state index in [1.807, 2.05) is 6.92 Å². The molecule has 16 heavy (non-hydrogen) atoms. The third kappa shape index (κ3) is 4.35. The number of nitrogens with one attached hydrogen (secondary N) is 1. The van der Waals surface area contributed by atoms with E-state index < -0.39 is 0 Å². The lowest BCUT2D eigenvalue weighted by Crippen LogP contribution is -2.44. The van der Waals surface area contributed by atoms with Crippen LogP contribution in [0.1, 0.15) is 46.0 Å². The van der Waals surface area contributed by atoms with E-state index in [-0.39, 0.29) is 12.0 Å². The lowest BCUT2D eigenvalue weighted by Gasteiger charge is -2.25. The standard InChI is InChI=1S/C13H23NO2/c1-3-8-12(13(15)16-4-2)14-11-9-6-5-7-10-11/h5-6,11-12,14H,3-4,7-10H2,1-2H3. The highest BCUT2D eigenvalue weighted by atomic mass is 16.5. The van der Waals surface area contributed by atoms with Gasteiger partial charge < -0.3 is 10.1 Å². The van der Waals surface area contributed by atoms with Crippen LogP contribution in [0.3, 0.4) is 0 Å². The summed E-state index contributed by atoms with van der Waals surface area (Å²) in [6.45, 7) is 4.41. The lowest BCUT2D eigenvalue weighted by molar-refractivity contribution is -0.146. The minimum atomic E-state index is -0.124. The Balaban J connectivity index is 2.42. The van der Waals surface area contributed by atoms with E-state index in [0.717, 1.165) is 32.1 Å². The number of ether oxygens (including phenoxy) is 1. The molecule has 1 rings (SSSR count). The summed E-state index contributed by atoms with van der Waals surface area (Å²) in [4.78, 5) is 11.7. The van der Waals surface area contributed by atoms with Gasteiger partial charge in [0.2, 0.25) is 0 Å². The van der Waals surface area contributed by atoms with Gasteiger partial charge in [0.1, 0.15) is 6.04 Å². The molecule has 0 radical (unpaired) electrons. The second kappa shape index (κ2) is 7.44. The average molecular weight is 225 g/mol. The fraction of sp³-hybridized carbons (Fsp3) is 0.769. The van der Waals surface area contributed by atoms with Gasteiger partial charge >= 0.3 is 5.97 Å². The largest absolute Gasteiger partial charge is 0.465 e. The maximum Gasteiger partial charge on any atom is 0.323 e. The predicted octanol–water partition coefficient (Wildman–Crippen LogP) is 2.42. The Morgan fingerprint density at radius 3 is 2.88 bits per heavy atom. The number of hydrogen-bond donors (Lipinski definition) is 1. The van der Waals surface area contributed by atoms with E-state index >= 15 is 0 Å². The minimum absolute atomic E-state index is 0.0982. The molecule has 2 atom stereocenters. The second-order valence-electron chi connectivity index (χ2n) is 4.24. The quantitative estimate of drug-likeness (QED) is 0.557. The molecule has 1 aliphatic carbocycles. The van der Waals surface area contributed by atoms with Gasteiger partial charge in [0, 0.05) is 6.04 Å². The smallest absolute Gasteiger partial charge is 0.323 e. The highest BCUT2D eigenvalue weighted by Gasteiger charge is 2.22. The Morgan fingerprint density at radius 1 is 1.50 bits per heavy atom. The molecule has 1 N–H and O–H groups in total. The fourth-order valence-electron chi connectivity index (χ4n) is 2.03. The van der Waals surface area contributed by atoms with Crippen LogP contribution >= 0.6 is 0 Å². The van der Waals surface area contributed by atoms with Crippen molar-refractivity contribution in [3.05, 3.63) is 12.2 Å². The summed E-state index contributed by atoms with van der Waals surface area (Å²) >= 11 is 0. The van der Waals surface area contributed by atoms with Gasteiger partial charge in [-0.05, 0) is 32.6 Å². The Kier molecular flexibility index (Phi) is 6.16. The zero-order chi connectivity index (χ0) is 11.8. The van der Waals surface area contributed by atoms with Crippen LogP contribution in [0.5, 0.6) is 0 Å². The van der Waals surface area contributed by atoms with Crippen LogP contribution in [0, 0.1) is 0 Å². The topological polar surface area (TPSA) is 38.3 Å². The van der Waals surface area contributed by atoms with Gasteiger partial charge in [-0.1, -0.05) is 25.5 Å². The van der Waals surface area contributed by atoms with E-state index in [0.29, 0.717) is 12.6 Å². The molecule has 0 aliphatic heterocycles. The van der Waals surface area contributed by atoms with Crippen LogP contribution in [0.2, 0.25) is 0 Å². The van der Waals surface area contributed by atoms with Crippen molar-refractivity contribution in [3.8, 4) is 0 Å². The molecule has 1 aliphatic rings. The molecule has 3 nitrogen and oxygen atoms in total. The molecule has 0 bridgehead atoms. The van der Waals surface area contributed by atoms with Gasteiger partial charge in [-0.15, -0.1) is 0 Å². The van der Waals surface area contributed by atoms with Crippen molar-refractivity contribution in [2.45, 2.75) is 58.0 Å². The van der Waals surface area contributed by atoms with Crippen molar-refractivity contribution in [1.82, 2.24) is 5.32 Å². The Bertz CT molecular complexity index is 238. The second-order valence-corrected chi connectivity index (χ2v) is 4.24. The third-order valence-corrected chi connectivity index (χ3v) is 2.85. The maximum absolute atomic E-state index is 11.7. The summed E-state index contributed by atoms with van der Waals surface area (Å²) in [5.74, 6) is -0.0982. The number of esters is 1. The SMILES string of the molecule is CCCC(NC1CC=CCC1)C(=O)OCC. The zero-order valence-corrected chi connectivity index (χ0v) is 10.4. The van der Waals surface area contributed by atoms with Gasteiger partial charge in [0.05, 0.1) is 6.61 Å². The molecule has 0 saturated carbocycles. The molecule has 0 fully saturated rings. The van der Waals surface area contributed by atoms with Crippen LogP contribution in [0.4, 0.5) is 0 Å². The van der Waals surface area contributed by atoms with Crippen LogP contribution in [0.15, 0.2) is 12.2 Å². The summed E-state index contributed by atoms with van der Waals surface area (Å²) in [5.41, 5.74) is 0. The van der Waals surface area contributed by atoms with Crippen molar-refractivity contribution in [3.63, 3.8) is 0 Å². The molecule has 0 spiro atoms. The van der Waals surface area contributed by atoms with Crippen molar-refractivity contribution in [2.24, 2.45) is 0 Å². The number of carbonyl (C=O) groups excluding carboxylic acids is 1. The Morgan fingerprint density at radius 2 is 2.31 bits per heavy atom. The van der Waals surface area contributed by atoms with Crippen LogP contribution in [-0.4, -0.2) is 24.7 Å². The van der Waals surface area contributed by atoms with Crippen molar-refractivity contribution < 1.29 is 9.53 Å². The van der Waals surface area contributed by atoms with Gasteiger partial charge in [-0.2, -0.15) is 0 Å². The normalized spacial score (nSPS) is 21.8. The number of hydrogen-bond acceptors (Lipinski definition) is 3. The fourth-order valence-corrected chi connectivity index (χ4v) is 2.03. The van der Waals surface area contributed by atoms with Gasteiger partial charge in [0.25, 0.3) is 0 Å². The molecule has 92 valence electrons. The van der Waals surface area contributed by atoms with Crippen molar-refractivity contribution in [1.29, 1.82) is 0 Å². The first-order valence-corrected chi connectivity index (χ1v) is 6.35. The Hall–Kier alpha value is -0.830. The molecule has 0 amide bonds. The molecular formula is C13H23NO2. The highest BCUT2D eigenvalue weighted by Crippen LogP contribution is 2.13. The highest BCUT2D eigenvalue weighted by molar-refractivity contribution is 5.75. The first-order valence-electron chi connectivity index (χ1n) is 6.35. The average Bonchev–Trinajstić information content (AvgIpc) is 2.30. The van der Waals surface area contributed by atoms with Gasteiger partial charge in [0.15, 0.2) is 0 Å². The van der Waals surface area contributed by atoms with E-state index in [9.17, 15) is 4.79 Å². The van der Waals surface area contributed by atoms with E-state index in [1.54, 1.807) is 0 Å². The molecule has 0 heterocycles. The number of carbonyl (C=O) groups is 1. The Labute approximate surface area is 98.2 Å². The summed E-state index contributed by atoms with van der Waals surface area (Å²) in [5, 5.41) is 3.42. The first kappa shape index (κ1) is 13.2. The van der Waals surface area contributed by atoms with Crippen LogP contribution < -0.4 is 5.32 Å². The maximum atomic E-state index is 11.7.